The molecule has 0 bridgehead atoms. The molecule has 0 atom stereocenters. The molecule has 0 aliphatic rings. The molecular formula is C19H23NO4. The van der Waals surface area contributed by atoms with Crippen LogP contribution in [0.25, 0.3) is 0 Å². The maximum absolute atomic E-state index is 10.7. The summed E-state index contributed by atoms with van der Waals surface area (Å²) in [6.45, 7) is 3.43. The zero-order valence-electron chi connectivity index (χ0n) is 14.1. The molecule has 5 nitrogen and oxygen atoms in total. The van der Waals surface area contributed by atoms with E-state index in [0.717, 1.165) is 18.7 Å². The Balaban J connectivity index is 1.84. The van der Waals surface area contributed by atoms with Crippen LogP contribution in [-0.4, -0.2) is 26.3 Å². The van der Waals surface area contributed by atoms with Gasteiger partial charge in [0.15, 0.2) is 11.5 Å². The summed E-state index contributed by atoms with van der Waals surface area (Å²) < 4.78 is 15.8. The second-order valence-electron chi connectivity index (χ2n) is 5.26. The molecule has 1 N–H and O–H groups in total. The highest BCUT2D eigenvalue weighted by Crippen LogP contribution is 2.28. The minimum absolute atomic E-state index is 0.221. The average molecular weight is 329 g/mol. The normalized spacial score (nSPS) is 10.2. The highest BCUT2D eigenvalue weighted by molar-refractivity contribution is 5.65. The Morgan fingerprint density at radius 1 is 0.958 bits per heavy atom. The van der Waals surface area contributed by atoms with Crippen LogP contribution in [0.4, 0.5) is 0 Å². The molecule has 0 saturated heterocycles. The minimum atomic E-state index is -0.314. The Morgan fingerprint density at radius 3 is 2.42 bits per heavy atom. The number of methoxy groups -OCH3 is 1. The van der Waals surface area contributed by atoms with E-state index in [1.165, 1.54) is 12.5 Å². The van der Waals surface area contributed by atoms with Gasteiger partial charge in [-0.05, 0) is 23.3 Å². The van der Waals surface area contributed by atoms with Crippen LogP contribution in [0.5, 0.6) is 11.5 Å². The molecule has 24 heavy (non-hydrogen) atoms. The fourth-order valence-electron chi connectivity index (χ4n) is 2.23. The first-order valence-corrected chi connectivity index (χ1v) is 7.87. The minimum Gasteiger partial charge on any atom is -0.493 e. The number of carbonyl (C=O) groups is 1. The second-order valence-corrected chi connectivity index (χ2v) is 5.26. The summed E-state index contributed by atoms with van der Waals surface area (Å²) >= 11 is 0. The zero-order chi connectivity index (χ0) is 17.2. The Kier molecular flexibility index (Phi) is 7.11. The zero-order valence-corrected chi connectivity index (χ0v) is 14.1. The van der Waals surface area contributed by atoms with E-state index < -0.39 is 0 Å². The molecular weight excluding hydrogens is 306 g/mol. The summed E-state index contributed by atoms with van der Waals surface area (Å²) in [6, 6.07) is 16.0. The maximum Gasteiger partial charge on any atom is 0.302 e. The Bertz CT molecular complexity index is 643. The van der Waals surface area contributed by atoms with Crippen molar-refractivity contribution in [3.63, 3.8) is 0 Å². The van der Waals surface area contributed by atoms with Crippen molar-refractivity contribution >= 4 is 5.97 Å². The van der Waals surface area contributed by atoms with Gasteiger partial charge in [-0.3, -0.25) is 4.79 Å². The van der Waals surface area contributed by atoms with Gasteiger partial charge in [0.05, 0.1) is 7.11 Å². The lowest BCUT2D eigenvalue weighted by Crippen LogP contribution is -2.13. The van der Waals surface area contributed by atoms with Crippen LogP contribution in [0.2, 0.25) is 0 Å². The van der Waals surface area contributed by atoms with E-state index >= 15 is 0 Å². The number of carbonyl (C=O) groups excluding carboxylic acids is 1. The van der Waals surface area contributed by atoms with Crippen LogP contribution >= 0.6 is 0 Å². The van der Waals surface area contributed by atoms with Crippen molar-refractivity contribution in [2.24, 2.45) is 0 Å². The van der Waals surface area contributed by atoms with Crippen LogP contribution in [0.1, 0.15) is 18.1 Å². The second kappa shape index (κ2) is 9.57. The van der Waals surface area contributed by atoms with E-state index in [-0.39, 0.29) is 12.6 Å². The molecule has 0 aliphatic carbocycles. The average Bonchev–Trinajstić information content (AvgIpc) is 2.60. The molecule has 0 aliphatic heterocycles. The van der Waals surface area contributed by atoms with E-state index in [9.17, 15) is 4.79 Å². The van der Waals surface area contributed by atoms with Crippen molar-refractivity contribution < 1.29 is 19.0 Å². The third-order valence-electron chi connectivity index (χ3n) is 3.38. The van der Waals surface area contributed by atoms with Crippen LogP contribution in [0, 0.1) is 0 Å². The molecule has 2 aromatic carbocycles. The van der Waals surface area contributed by atoms with Gasteiger partial charge in [-0.25, -0.2) is 0 Å². The van der Waals surface area contributed by atoms with Crippen LogP contribution in [0.15, 0.2) is 48.5 Å². The van der Waals surface area contributed by atoms with Crippen LogP contribution < -0.4 is 14.8 Å². The van der Waals surface area contributed by atoms with Gasteiger partial charge >= 0.3 is 5.97 Å². The number of rotatable bonds is 9. The first kappa shape index (κ1) is 17.8. The Hall–Kier alpha value is -2.53. The number of nitrogens with one attached hydrogen (secondary N) is 1. The Morgan fingerprint density at radius 2 is 1.71 bits per heavy atom. The highest BCUT2D eigenvalue weighted by Gasteiger charge is 2.06. The molecule has 2 aromatic rings. The van der Waals surface area contributed by atoms with Crippen molar-refractivity contribution in [1.29, 1.82) is 0 Å². The summed E-state index contributed by atoms with van der Waals surface area (Å²) in [6.07, 6.45) is 0. The van der Waals surface area contributed by atoms with Crippen LogP contribution in [0.3, 0.4) is 0 Å². The van der Waals surface area contributed by atoms with Crippen molar-refractivity contribution in [2.75, 3.05) is 20.3 Å². The summed E-state index contributed by atoms with van der Waals surface area (Å²) in [5, 5.41) is 3.40. The maximum atomic E-state index is 10.7. The number of hydrogen-bond acceptors (Lipinski definition) is 5. The number of benzene rings is 2. The third kappa shape index (κ3) is 5.93. The highest BCUT2D eigenvalue weighted by atomic mass is 16.6. The van der Waals surface area contributed by atoms with Crippen molar-refractivity contribution in [1.82, 2.24) is 5.32 Å². The van der Waals surface area contributed by atoms with Gasteiger partial charge in [0, 0.05) is 20.0 Å². The Labute approximate surface area is 142 Å². The lowest BCUT2D eigenvalue weighted by Gasteiger charge is -2.12. The van der Waals surface area contributed by atoms with Crippen molar-refractivity contribution in [3.8, 4) is 11.5 Å². The van der Waals surface area contributed by atoms with E-state index in [1.54, 1.807) is 7.11 Å². The molecule has 0 aromatic heterocycles. The summed E-state index contributed by atoms with van der Waals surface area (Å²) in [5.74, 6) is 0.985. The third-order valence-corrected chi connectivity index (χ3v) is 3.38. The fourth-order valence-corrected chi connectivity index (χ4v) is 2.23. The van der Waals surface area contributed by atoms with Gasteiger partial charge in [-0.1, -0.05) is 36.4 Å². The van der Waals surface area contributed by atoms with Gasteiger partial charge in [-0.15, -0.1) is 0 Å². The molecule has 0 heterocycles. The molecule has 5 heteroatoms. The molecule has 0 radical (unpaired) electrons. The standard InChI is InChI=1S/C19H23NO4/c1-15(21)23-10-11-24-18-9-8-17(12-19(18)22-2)14-20-13-16-6-4-3-5-7-16/h3-9,12,20H,10-11,13-14H2,1-2H3. The molecule has 0 fully saturated rings. The lowest BCUT2D eigenvalue weighted by molar-refractivity contribution is -0.141. The lowest BCUT2D eigenvalue weighted by atomic mass is 10.2. The molecule has 0 saturated carbocycles. The number of ether oxygens (including phenoxy) is 3. The predicted octanol–water partition coefficient (Wildman–Crippen LogP) is 2.93. The molecule has 128 valence electrons. The first-order valence-electron chi connectivity index (χ1n) is 7.87. The molecule has 0 amide bonds. The molecule has 0 unspecified atom stereocenters. The van der Waals surface area contributed by atoms with Crippen molar-refractivity contribution in [2.45, 2.75) is 20.0 Å². The monoisotopic (exact) mass is 329 g/mol. The van der Waals surface area contributed by atoms with Crippen molar-refractivity contribution in [3.05, 3.63) is 59.7 Å². The number of esters is 1. The van der Waals surface area contributed by atoms with Gasteiger partial charge < -0.3 is 19.5 Å². The topological polar surface area (TPSA) is 56.8 Å². The van der Waals surface area contributed by atoms with Gasteiger partial charge in [0.25, 0.3) is 0 Å². The largest absolute Gasteiger partial charge is 0.493 e. The van der Waals surface area contributed by atoms with E-state index in [1.807, 2.05) is 36.4 Å². The molecule has 0 spiro atoms. The summed E-state index contributed by atoms with van der Waals surface area (Å²) in [7, 11) is 1.61. The van der Waals surface area contributed by atoms with E-state index in [4.69, 9.17) is 14.2 Å². The van der Waals surface area contributed by atoms with E-state index in [0.29, 0.717) is 18.1 Å². The first-order chi connectivity index (χ1) is 11.7. The smallest absolute Gasteiger partial charge is 0.302 e. The van der Waals surface area contributed by atoms with Crippen LogP contribution in [-0.2, 0) is 22.6 Å². The summed E-state index contributed by atoms with van der Waals surface area (Å²) in [4.78, 5) is 10.7. The summed E-state index contributed by atoms with van der Waals surface area (Å²) in [5.41, 5.74) is 2.35. The van der Waals surface area contributed by atoms with Gasteiger partial charge in [0.2, 0.25) is 0 Å². The van der Waals surface area contributed by atoms with E-state index in [2.05, 4.69) is 17.4 Å². The quantitative estimate of drug-likeness (QED) is 0.566. The SMILES string of the molecule is COc1cc(CNCc2ccccc2)ccc1OCCOC(C)=O. The molecule has 2 rings (SSSR count). The van der Waals surface area contributed by atoms with Gasteiger partial charge in [0.1, 0.15) is 13.2 Å². The fraction of sp³-hybridized carbons (Fsp3) is 0.316. The predicted molar refractivity (Wildman–Crippen MR) is 92.1 cm³/mol. The number of hydrogen-bond donors (Lipinski definition) is 1. The van der Waals surface area contributed by atoms with Gasteiger partial charge in [-0.2, -0.15) is 0 Å².